The summed E-state index contributed by atoms with van der Waals surface area (Å²) in [5.41, 5.74) is 4.82. The molecule has 2 amide bonds. The minimum Gasteiger partial charge on any atom is -0.497 e. The summed E-state index contributed by atoms with van der Waals surface area (Å²) in [4.78, 5) is 24.4. The van der Waals surface area contributed by atoms with E-state index in [1.165, 1.54) is 0 Å². The predicted molar refractivity (Wildman–Crippen MR) is 132 cm³/mol. The van der Waals surface area contributed by atoms with E-state index in [1.54, 1.807) is 80.0 Å². The maximum Gasteiger partial charge on any atom is 0.434 e. The molecule has 0 saturated carbocycles. The summed E-state index contributed by atoms with van der Waals surface area (Å²) >= 11 is 0. The Morgan fingerprint density at radius 3 is 1.59 bits per heavy atom. The van der Waals surface area contributed by atoms with Gasteiger partial charge in [0.05, 0.1) is 19.9 Å². The van der Waals surface area contributed by atoms with E-state index < -0.39 is 23.4 Å². The lowest BCUT2D eigenvalue weighted by Gasteiger charge is -2.28. The fourth-order valence-electron chi connectivity index (χ4n) is 2.33. The third-order valence-corrected chi connectivity index (χ3v) is 3.77. The standard InChI is InChI=1S/C17H26N2O5.C7H10N2O/c1-16(2,3)23-14(20)18-19(15(21)24-17(4,5)6)12-8-10-13(22-7)11-9-12;1-10-7-4-2-6(9-8)3-5-7/h8-11H,1-7H3,(H,18,20);2-5,9H,8H2,1H3. The summed E-state index contributed by atoms with van der Waals surface area (Å²) in [5, 5.41) is 0.999. The molecule has 34 heavy (non-hydrogen) atoms. The number of methoxy groups -OCH3 is 2. The van der Waals surface area contributed by atoms with Gasteiger partial charge in [0, 0.05) is 5.69 Å². The first kappa shape index (κ1) is 28.4. The molecule has 0 fully saturated rings. The highest BCUT2D eigenvalue weighted by atomic mass is 16.6. The van der Waals surface area contributed by atoms with E-state index in [0.29, 0.717) is 11.4 Å². The van der Waals surface area contributed by atoms with Gasteiger partial charge in [-0.25, -0.2) is 15.0 Å². The molecule has 2 aromatic rings. The lowest BCUT2D eigenvalue weighted by Crippen LogP contribution is -2.50. The van der Waals surface area contributed by atoms with Crippen LogP contribution in [-0.4, -0.2) is 37.6 Å². The molecule has 0 atom stereocenters. The number of carbonyl (C=O) groups excluding carboxylic acids is 2. The number of nitrogens with two attached hydrogens (primary N) is 1. The smallest absolute Gasteiger partial charge is 0.434 e. The van der Waals surface area contributed by atoms with Gasteiger partial charge in [-0.05, 0) is 90.1 Å². The highest BCUT2D eigenvalue weighted by molar-refractivity contribution is 5.90. The van der Waals surface area contributed by atoms with Crippen molar-refractivity contribution in [2.75, 3.05) is 24.7 Å². The summed E-state index contributed by atoms with van der Waals surface area (Å²) in [5.74, 6) is 6.61. The number of amides is 2. The fraction of sp³-hybridized carbons (Fsp3) is 0.417. The van der Waals surface area contributed by atoms with Gasteiger partial charge in [-0.15, -0.1) is 0 Å². The van der Waals surface area contributed by atoms with Crippen molar-refractivity contribution in [3.05, 3.63) is 48.5 Å². The number of nitrogen functional groups attached to an aromatic ring is 1. The van der Waals surface area contributed by atoms with Crippen molar-refractivity contribution in [1.29, 1.82) is 0 Å². The summed E-state index contributed by atoms with van der Waals surface area (Å²) in [6.45, 7) is 10.4. The molecule has 0 saturated heterocycles. The molecule has 0 aliphatic carbocycles. The Bertz CT molecular complexity index is 880. The van der Waals surface area contributed by atoms with Gasteiger partial charge in [-0.2, -0.15) is 5.01 Å². The highest BCUT2D eigenvalue weighted by Crippen LogP contribution is 2.21. The molecule has 4 N–H and O–H groups in total. The fourth-order valence-corrected chi connectivity index (χ4v) is 2.33. The minimum atomic E-state index is -0.760. The van der Waals surface area contributed by atoms with Crippen molar-refractivity contribution in [3.63, 3.8) is 0 Å². The first-order valence-electron chi connectivity index (χ1n) is 10.6. The molecule has 10 heteroatoms. The number of carbonyl (C=O) groups is 2. The first-order chi connectivity index (χ1) is 15.8. The molecular formula is C24H36N4O6. The molecule has 0 spiro atoms. The van der Waals surface area contributed by atoms with E-state index in [9.17, 15) is 9.59 Å². The van der Waals surface area contributed by atoms with E-state index in [0.717, 1.165) is 16.4 Å². The van der Waals surface area contributed by atoms with E-state index in [1.807, 2.05) is 24.3 Å². The average molecular weight is 477 g/mol. The van der Waals surface area contributed by atoms with Gasteiger partial charge < -0.3 is 24.4 Å². The molecule has 0 aromatic heterocycles. The number of hydrogen-bond donors (Lipinski definition) is 3. The molecule has 0 aliphatic rings. The zero-order valence-electron chi connectivity index (χ0n) is 21.1. The Kier molecular flexibility index (Phi) is 10.5. The van der Waals surface area contributed by atoms with Crippen LogP contribution in [0.1, 0.15) is 41.5 Å². The molecule has 10 nitrogen and oxygen atoms in total. The Hall–Kier alpha value is -3.66. The topological polar surface area (TPSA) is 124 Å². The van der Waals surface area contributed by atoms with Crippen molar-refractivity contribution in [2.45, 2.75) is 52.7 Å². The predicted octanol–water partition coefficient (Wildman–Crippen LogP) is 4.86. The SMILES string of the molecule is COc1ccc(N(NC(=O)OC(C)(C)C)C(=O)OC(C)(C)C)cc1.COc1ccc(NN)cc1. The van der Waals surface area contributed by atoms with Crippen molar-refractivity contribution in [2.24, 2.45) is 5.84 Å². The van der Waals surface area contributed by atoms with Crippen LogP contribution >= 0.6 is 0 Å². The van der Waals surface area contributed by atoms with Crippen molar-refractivity contribution in [1.82, 2.24) is 5.43 Å². The quantitative estimate of drug-likeness (QED) is 0.422. The van der Waals surface area contributed by atoms with Crippen LogP contribution in [0, 0.1) is 0 Å². The average Bonchev–Trinajstić information content (AvgIpc) is 2.75. The highest BCUT2D eigenvalue weighted by Gasteiger charge is 2.27. The second-order valence-corrected chi connectivity index (χ2v) is 9.00. The summed E-state index contributed by atoms with van der Waals surface area (Å²) in [6.07, 6.45) is -1.48. The third kappa shape index (κ3) is 10.8. The first-order valence-corrected chi connectivity index (χ1v) is 10.6. The lowest BCUT2D eigenvalue weighted by molar-refractivity contribution is 0.0425. The number of anilines is 2. The molecule has 2 rings (SSSR count). The van der Waals surface area contributed by atoms with E-state index >= 15 is 0 Å². The molecule has 0 aliphatic heterocycles. The number of hydrogen-bond acceptors (Lipinski definition) is 8. The van der Waals surface area contributed by atoms with Crippen LogP contribution in [0.4, 0.5) is 21.0 Å². The van der Waals surface area contributed by atoms with Crippen LogP contribution in [-0.2, 0) is 9.47 Å². The molecule has 0 heterocycles. The normalized spacial score (nSPS) is 10.7. The van der Waals surface area contributed by atoms with Crippen LogP contribution in [0.25, 0.3) is 0 Å². The molecule has 188 valence electrons. The van der Waals surface area contributed by atoms with Gasteiger partial charge in [-0.1, -0.05) is 0 Å². The summed E-state index contributed by atoms with van der Waals surface area (Å²) < 4.78 is 20.6. The molecule has 0 unspecified atom stereocenters. The number of benzene rings is 2. The Morgan fingerprint density at radius 1 is 0.765 bits per heavy atom. The summed E-state index contributed by atoms with van der Waals surface area (Å²) in [7, 11) is 3.17. The van der Waals surface area contributed by atoms with Crippen LogP contribution in [0.15, 0.2) is 48.5 Å². The summed E-state index contributed by atoms with van der Waals surface area (Å²) in [6, 6.07) is 14.0. The van der Waals surface area contributed by atoms with Crippen LogP contribution in [0.3, 0.4) is 0 Å². The maximum atomic E-state index is 12.4. The second kappa shape index (κ2) is 12.5. The van der Waals surface area contributed by atoms with Crippen LogP contribution in [0.5, 0.6) is 11.5 Å². The van der Waals surface area contributed by atoms with Gasteiger partial charge in [0.2, 0.25) is 0 Å². The van der Waals surface area contributed by atoms with E-state index in [-0.39, 0.29) is 0 Å². The monoisotopic (exact) mass is 476 g/mol. The van der Waals surface area contributed by atoms with Crippen LogP contribution in [0.2, 0.25) is 0 Å². The second-order valence-electron chi connectivity index (χ2n) is 9.00. The Balaban J connectivity index is 0.000000479. The maximum absolute atomic E-state index is 12.4. The zero-order chi connectivity index (χ0) is 25.9. The van der Waals surface area contributed by atoms with Crippen molar-refractivity contribution in [3.8, 4) is 11.5 Å². The lowest BCUT2D eigenvalue weighted by atomic mass is 10.2. The molecule has 0 radical (unpaired) electrons. The van der Waals surface area contributed by atoms with Gasteiger partial charge in [0.15, 0.2) is 0 Å². The van der Waals surface area contributed by atoms with Gasteiger partial charge in [0.25, 0.3) is 0 Å². The third-order valence-electron chi connectivity index (χ3n) is 3.77. The number of hydrazine groups is 2. The number of ether oxygens (including phenoxy) is 4. The van der Waals surface area contributed by atoms with E-state index in [4.69, 9.17) is 24.8 Å². The Morgan fingerprint density at radius 2 is 1.21 bits per heavy atom. The number of rotatable bonds is 4. The van der Waals surface area contributed by atoms with Gasteiger partial charge in [0.1, 0.15) is 22.7 Å². The van der Waals surface area contributed by atoms with Gasteiger partial charge in [-0.3, -0.25) is 5.84 Å². The van der Waals surface area contributed by atoms with Crippen molar-refractivity contribution < 1.29 is 28.5 Å². The minimum absolute atomic E-state index is 0.413. The van der Waals surface area contributed by atoms with Crippen LogP contribution < -0.4 is 31.2 Å². The zero-order valence-corrected chi connectivity index (χ0v) is 21.1. The van der Waals surface area contributed by atoms with E-state index in [2.05, 4.69) is 10.9 Å². The number of nitrogens with zero attached hydrogens (tertiary/aromatic N) is 1. The number of nitrogens with one attached hydrogen (secondary N) is 2. The molecule has 0 bridgehead atoms. The largest absolute Gasteiger partial charge is 0.497 e. The van der Waals surface area contributed by atoms with Crippen molar-refractivity contribution >= 4 is 23.6 Å². The van der Waals surface area contributed by atoms with Gasteiger partial charge >= 0.3 is 12.2 Å². The molecular weight excluding hydrogens is 440 g/mol. The molecule has 2 aromatic carbocycles. The Labute approximate surface area is 201 Å².